The van der Waals surface area contributed by atoms with Crippen LogP contribution in [0.2, 0.25) is 0 Å². The van der Waals surface area contributed by atoms with Crippen molar-refractivity contribution in [1.29, 1.82) is 0 Å². The molecule has 4 rings (SSSR count). The van der Waals surface area contributed by atoms with Gasteiger partial charge in [0.15, 0.2) is 0 Å². The third kappa shape index (κ3) is 5.77. The number of halogens is 3. The van der Waals surface area contributed by atoms with Gasteiger partial charge in [0.25, 0.3) is 5.91 Å². The first-order chi connectivity index (χ1) is 17.1. The number of carbonyl (C=O) groups excluding carboxylic acids is 2. The summed E-state index contributed by atoms with van der Waals surface area (Å²) in [4.78, 5) is 27.2. The van der Waals surface area contributed by atoms with Crippen LogP contribution in [0.3, 0.4) is 0 Å². The Hall–Kier alpha value is -3.63. The van der Waals surface area contributed by atoms with Crippen LogP contribution in [0.5, 0.6) is 11.5 Å². The van der Waals surface area contributed by atoms with Crippen molar-refractivity contribution in [2.75, 3.05) is 5.32 Å². The zero-order valence-electron chi connectivity index (χ0n) is 18.8. The quantitative estimate of drug-likeness (QED) is 0.284. The first kappa shape index (κ1) is 25.5. The van der Waals surface area contributed by atoms with Crippen LogP contribution in [0.25, 0.3) is 6.08 Å². The number of carbonyl (C=O) groups is 2. The summed E-state index contributed by atoms with van der Waals surface area (Å²) in [5.74, 6) is -0.0666. The normalized spacial score (nSPS) is 15.8. The van der Waals surface area contributed by atoms with Gasteiger partial charge in [0.2, 0.25) is 5.91 Å². The number of thiocarbonyl (C=S) groups is 1. The van der Waals surface area contributed by atoms with E-state index in [9.17, 15) is 22.8 Å². The standard InChI is InChI=1S/C26H19F3N2O3S2/c1-16(23(32)30-21-13-6-5-12-20(21)26(27,28)29)31-24(33)22(36-25(31)35)15-17-8-7-11-19(14-17)34-18-9-3-2-4-10-18/h2-16H,1H3,(H,30,32)/b22-15-. The number of anilines is 1. The van der Waals surface area contributed by atoms with Crippen molar-refractivity contribution in [3.63, 3.8) is 0 Å². The van der Waals surface area contributed by atoms with E-state index in [-0.39, 0.29) is 9.23 Å². The second-order valence-electron chi connectivity index (χ2n) is 7.75. The lowest BCUT2D eigenvalue weighted by Gasteiger charge is -2.23. The highest BCUT2D eigenvalue weighted by Crippen LogP contribution is 2.37. The van der Waals surface area contributed by atoms with Crippen LogP contribution in [0.1, 0.15) is 18.1 Å². The molecule has 10 heteroatoms. The van der Waals surface area contributed by atoms with Crippen LogP contribution >= 0.6 is 24.0 Å². The van der Waals surface area contributed by atoms with Gasteiger partial charge in [-0.3, -0.25) is 14.5 Å². The maximum Gasteiger partial charge on any atom is 0.418 e. The molecule has 1 saturated heterocycles. The van der Waals surface area contributed by atoms with Crippen LogP contribution in [0.15, 0.2) is 83.8 Å². The van der Waals surface area contributed by atoms with E-state index in [2.05, 4.69) is 5.32 Å². The number of ether oxygens (including phenoxy) is 1. The van der Waals surface area contributed by atoms with E-state index in [1.165, 1.54) is 19.1 Å². The van der Waals surface area contributed by atoms with Gasteiger partial charge in [-0.1, -0.05) is 66.4 Å². The van der Waals surface area contributed by atoms with Crippen LogP contribution < -0.4 is 10.1 Å². The number of para-hydroxylation sites is 2. The first-order valence-electron chi connectivity index (χ1n) is 10.7. The topological polar surface area (TPSA) is 58.6 Å². The Morgan fingerprint density at radius 1 is 1.03 bits per heavy atom. The molecule has 5 nitrogen and oxygen atoms in total. The van der Waals surface area contributed by atoms with E-state index in [0.29, 0.717) is 17.1 Å². The molecule has 1 unspecified atom stereocenters. The molecule has 1 atom stereocenters. The third-order valence-corrected chi connectivity index (χ3v) is 6.55. The van der Waals surface area contributed by atoms with Gasteiger partial charge in [-0.15, -0.1) is 0 Å². The molecule has 1 aliphatic rings. The van der Waals surface area contributed by atoms with Crippen LogP contribution in [-0.4, -0.2) is 27.1 Å². The highest BCUT2D eigenvalue weighted by molar-refractivity contribution is 8.26. The maximum atomic E-state index is 13.3. The van der Waals surface area contributed by atoms with E-state index >= 15 is 0 Å². The Bertz CT molecular complexity index is 1340. The van der Waals surface area contributed by atoms with Gasteiger partial charge in [0, 0.05) is 0 Å². The average Bonchev–Trinajstić information content (AvgIpc) is 3.11. The smallest absolute Gasteiger partial charge is 0.418 e. The molecule has 1 N–H and O–H groups in total. The lowest BCUT2D eigenvalue weighted by atomic mass is 10.1. The number of nitrogens with one attached hydrogen (secondary N) is 1. The minimum Gasteiger partial charge on any atom is -0.457 e. The molecule has 1 fully saturated rings. The Balaban J connectivity index is 1.50. The summed E-state index contributed by atoms with van der Waals surface area (Å²) < 4.78 is 45.8. The van der Waals surface area contributed by atoms with Crippen molar-refractivity contribution in [3.05, 3.63) is 94.9 Å². The van der Waals surface area contributed by atoms with Gasteiger partial charge < -0.3 is 10.1 Å². The fourth-order valence-corrected chi connectivity index (χ4v) is 4.87. The van der Waals surface area contributed by atoms with E-state index < -0.39 is 35.3 Å². The van der Waals surface area contributed by atoms with Gasteiger partial charge in [-0.05, 0) is 55.0 Å². The van der Waals surface area contributed by atoms with Crippen molar-refractivity contribution in [3.8, 4) is 11.5 Å². The Morgan fingerprint density at radius 2 is 1.69 bits per heavy atom. The van der Waals surface area contributed by atoms with E-state index in [4.69, 9.17) is 17.0 Å². The number of benzene rings is 3. The lowest BCUT2D eigenvalue weighted by molar-refractivity contribution is -0.137. The Morgan fingerprint density at radius 3 is 2.42 bits per heavy atom. The summed E-state index contributed by atoms with van der Waals surface area (Å²) in [6.07, 6.45) is -3.02. The number of amides is 2. The summed E-state index contributed by atoms with van der Waals surface area (Å²) in [6, 6.07) is 19.8. The number of rotatable bonds is 6. The second-order valence-corrected chi connectivity index (χ2v) is 9.42. The van der Waals surface area contributed by atoms with Gasteiger partial charge in [0.05, 0.1) is 16.2 Å². The molecule has 0 spiro atoms. The fraction of sp³-hybridized carbons (Fsp3) is 0.115. The van der Waals surface area contributed by atoms with Gasteiger partial charge in [0.1, 0.15) is 21.9 Å². The fourth-order valence-electron chi connectivity index (χ4n) is 3.45. The highest BCUT2D eigenvalue weighted by Gasteiger charge is 2.39. The summed E-state index contributed by atoms with van der Waals surface area (Å²) in [5.41, 5.74) is -0.688. The molecule has 0 bridgehead atoms. The largest absolute Gasteiger partial charge is 0.457 e. The summed E-state index contributed by atoms with van der Waals surface area (Å²) in [7, 11) is 0. The van der Waals surface area contributed by atoms with Crippen molar-refractivity contribution in [2.45, 2.75) is 19.1 Å². The molecular weight excluding hydrogens is 509 g/mol. The number of nitrogens with zero attached hydrogens (tertiary/aromatic N) is 1. The van der Waals surface area contributed by atoms with Crippen LogP contribution in [0.4, 0.5) is 18.9 Å². The Labute approximate surface area is 214 Å². The molecule has 2 amide bonds. The van der Waals surface area contributed by atoms with Crippen LogP contribution in [-0.2, 0) is 15.8 Å². The molecule has 3 aromatic rings. The molecule has 184 valence electrons. The van der Waals surface area contributed by atoms with Crippen molar-refractivity contribution < 1.29 is 27.5 Å². The van der Waals surface area contributed by atoms with Crippen molar-refractivity contribution >= 4 is 51.9 Å². The number of alkyl halides is 3. The number of hydrogen-bond acceptors (Lipinski definition) is 5. The third-order valence-electron chi connectivity index (χ3n) is 5.22. The summed E-state index contributed by atoms with van der Waals surface area (Å²) >= 11 is 6.33. The second kappa shape index (κ2) is 10.5. The maximum absolute atomic E-state index is 13.3. The SMILES string of the molecule is CC(C(=O)Nc1ccccc1C(F)(F)F)N1C(=O)/C(=C/c2cccc(Oc3ccccc3)c2)SC1=S. The minimum atomic E-state index is -4.64. The molecular formula is C26H19F3N2O3S2. The monoisotopic (exact) mass is 528 g/mol. The van der Waals surface area contributed by atoms with E-state index in [0.717, 1.165) is 28.8 Å². The molecule has 0 aliphatic carbocycles. The summed E-state index contributed by atoms with van der Waals surface area (Å²) in [5, 5.41) is 2.27. The lowest BCUT2D eigenvalue weighted by Crippen LogP contribution is -2.44. The highest BCUT2D eigenvalue weighted by atomic mass is 32.2. The van der Waals surface area contributed by atoms with E-state index in [1.54, 1.807) is 30.3 Å². The summed E-state index contributed by atoms with van der Waals surface area (Å²) in [6.45, 7) is 1.41. The zero-order valence-corrected chi connectivity index (χ0v) is 20.4. The molecule has 3 aromatic carbocycles. The Kier molecular flexibility index (Phi) is 7.46. The van der Waals surface area contributed by atoms with E-state index in [1.807, 2.05) is 30.3 Å². The molecule has 1 aliphatic heterocycles. The molecule has 1 heterocycles. The predicted octanol–water partition coefficient (Wildman–Crippen LogP) is 6.73. The zero-order chi connectivity index (χ0) is 25.9. The molecule has 0 aromatic heterocycles. The average molecular weight is 529 g/mol. The number of hydrogen-bond donors (Lipinski definition) is 1. The minimum absolute atomic E-state index is 0.134. The predicted molar refractivity (Wildman–Crippen MR) is 138 cm³/mol. The van der Waals surface area contributed by atoms with Crippen molar-refractivity contribution in [1.82, 2.24) is 4.90 Å². The van der Waals surface area contributed by atoms with Crippen molar-refractivity contribution in [2.24, 2.45) is 0 Å². The number of thioether (sulfide) groups is 1. The first-order valence-corrected chi connectivity index (χ1v) is 11.9. The molecule has 0 radical (unpaired) electrons. The van der Waals surface area contributed by atoms with Crippen LogP contribution in [0, 0.1) is 0 Å². The van der Waals surface area contributed by atoms with Gasteiger partial charge >= 0.3 is 6.18 Å². The van der Waals surface area contributed by atoms with Gasteiger partial charge in [-0.25, -0.2) is 0 Å². The van der Waals surface area contributed by atoms with Gasteiger partial charge in [-0.2, -0.15) is 13.2 Å². The molecule has 36 heavy (non-hydrogen) atoms. The molecule has 0 saturated carbocycles.